The minimum absolute atomic E-state index is 0.0801. The van der Waals surface area contributed by atoms with Crippen LogP contribution < -0.4 is 15.8 Å². The first kappa shape index (κ1) is 15.6. The van der Waals surface area contributed by atoms with E-state index in [1.165, 1.54) is 6.07 Å². The number of hydrogen-bond acceptors (Lipinski definition) is 4. The van der Waals surface area contributed by atoms with Crippen molar-refractivity contribution in [3.8, 4) is 5.75 Å². The minimum atomic E-state index is -0.467. The van der Waals surface area contributed by atoms with E-state index in [9.17, 15) is 4.39 Å². The summed E-state index contributed by atoms with van der Waals surface area (Å²) in [5, 5.41) is 12.4. The molecule has 4 nitrogen and oxygen atoms in total. The normalized spacial score (nSPS) is 13.9. The molecular formula is C14H23FN2O2. The number of halogens is 1. The molecular weight excluding hydrogens is 247 g/mol. The Morgan fingerprint density at radius 1 is 1.42 bits per heavy atom. The van der Waals surface area contributed by atoms with Gasteiger partial charge in [-0.05, 0) is 26.7 Å². The Morgan fingerprint density at radius 3 is 2.63 bits per heavy atom. The molecule has 1 rings (SSSR count). The molecule has 5 heteroatoms. The van der Waals surface area contributed by atoms with Crippen LogP contribution in [0.1, 0.15) is 33.6 Å². The molecule has 0 aliphatic heterocycles. The van der Waals surface area contributed by atoms with Crippen molar-refractivity contribution in [3.63, 3.8) is 0 Å². The second-order valence-electron chi connectivity index (χ2n) is 4.82. The Bertz CT molecular complexity index is 426. The Kier molecular flexibility index (Phi) is 5.42. The molecule has 1 unspecified atom stereocenters. The smallest absolute Gasteiger partial charge is 0.167 e. The highest BCUT2D eigenvalue weighted by atomic mass is 19.1. The molecule has 4 N–H and O–H groups in total. The predicted octanol–water partition coefficient (Wildman–Crippen LogP) is 2.77. The molecule has 0 aliphatic carbocycles. The number of aliphatic hydroxyl groups is 1. The fourth-order valence-electron chi connectivity index (χ4n) is 1.84. The summed E-state index contributed by atoms with van der Waals surface area (Å²) in [6, 6.07) is 2.82. The van der Waals surface area contributed by atoms with Gasteiger partial charge in [-0.1, -0.05) is 6.92 Å². The van der Waals surface area contributed by atoms with Crippen LogP contribution in [0, 0.1) is 5.82 Å². The molecule has 1 aromatic carbocycles. The fraction of sp³-hybridized carbons (Fsp3) is 0.571. The van der Waals surface area contributed by atoms with Gasteiger partial charge in [-0.15, -0.1) is 0 Å². The molecule has 0 heterocycles. The Balaban J connectivity index is 3.02. The molecule has 0 fully saturated rings. The molecule has 0 radical (unpaired) electrons. The maximum Gasteiger partial charge on any atom is 0.167 e. The molecule has 0 saturated heterocycles. The van der Waals surface area contributed by atoms with E-state index in [2.05, 4.69) is 5.32 Å². The van der Waals surface area contributed by atoms with E-state index >= 15 is 0 Å². The minimum Gasteiger partial charge on any atom is -0.491 e. The predicted molar refractivity (Wildman–Crippen MR) is 76.0 cm³/mol. The van der Waals surface area contributed by atoms with E-state index in [1.807, 2.05) is 13.8 Å². The van der Waals surface area contributed by atoms with Crippen LogP contribution in [0.4, 0.5) is 15.8 Å². The van der Waals surface area contributed by atoms with Crippen molar-refractivity contribution >= 4 is 11.4 Å². The maximum absolute atomic E-state index is 13.6. The van der Waals surface area contributed by atoms with Crippen LogP contribution in [0.15, 0.2) is 12.1 Å². The van der Waals surface area contributed by atoms with Crippen molar-refractivity contribution in [2.45, 2.75) is 39.2 Å². The summed E-state index contributed by atoms with van der Waals surface area (Å²) >= 11 is 0. The lowest BCUT2D eigenvalue weighted by atomic mass is 9.94. The number of benzene rings is 1. The molecule has 0 aromatic heterocycles. The lowest BCUT2D eigenvalue weighted by molar-refractivity contribution is 0.252. The van der Waals surface area contributed by atoms with Gasteiger partial charge in [0.1, 0.15) is 0 Å². The molecule has 0 aliphatic rings. The summed E-state index contributed by atoms with van der Waals surface area (Å²) in [5.74, 6) is -0.285. The zero-order chi connectivity index (χ0) is 14.5. The Hall–Kier alpha value is -1.49. The number of aliphatic hydroxyl groups excluding tert-OH is 1. The highest BCUT2D eigenvalue weighted by Gasteiger charge is 2.22. The maximum atomic E-state index is 13.6. The summed E-state index contributed by atoms with van der Waals surface area (Å²) in [4.78, 5) is 0. The average molecular weight is 270 g/mol. The van der Waals surface area contributed by atoms with E-state index < -0.39 is 5.82 Å². The fourth-order valence-corrected chi connectivity index (χ4v) is 1.84. The number of rotatable bonds is 7. The van der Waals surface area contributed by atoms with Crippen molar-refractivity contribution < 1.29 is 14.2 Å². The van der Waals surface area contributed by atoms with Gasteiger partial charge in [0.05, 0.1) is 18.0 Å². The van der Waals surface area contributed by atoms with Gasteiger partial charge < -0.3 is 20.9 Å². The van der Waals surface area contributed by atoms with Crippen LogP contribution >= 0.6 is 0 Å². The van der Waals surface area contributed by atoms with Crippen LogP contribution in [0.5, 0.6) is 5.75 Å². The third-order valence-electron chi connectivity index (χ3n) is 3.28. The van der Waals surface area contributed by atoms with Gasteiger partial charge in [0.25, 0.3) is 0 Å². The number of nitrogen functional groups attached to an aromatic ring is 1. The van der Waals surface area contributed by atoms with Crippen molar-refractivity contribution in [1.82, 2.24) is 0 Å². The Labute approximate surface area is 113 Å². The molecule has 0 saturated carbocycles. The first-order chi connectivity index (χ1) is 8.95. The van der Waals surface area contributed by atoms with Gasteiger partial charge in [0.15, 0.2) is 11.6 Å². The number of nitrogens with two attached hydrogens (primary N) is 1. The van der Waals surface area contributed by atoms with Crippen molar-refractivity contribution in [3.05, 3.63) is 17.9 Å². The second kappa shape index (κ2) is 6.61. The molecule has 19 heavy (non-hydrogen) atoms. The largest absolute Gasteiger partial charge is 0.491 e. The molecule has 1 aromatic rings. The first-order valence-electron chi connectivity index (χ1n) is 6.56. The molecule has 1 atom stereocenters. The quantitative estimate of drug-likeness (QED) is 0.666. The lowest BCUT2D eigenvalue weighted by Crippen LogP contribution is -2.35. The number of hydrogen-bond donors (Lipinski definition) is 3. The monoisotopic (exact) mass is 270 g/mol. The van der Waals surface area contributed by atoms with Crippen LogP contribution in [0.3, 0.4) is 0 Å². The highest BCUT2D eigenvalue weighted by molar-refractivity contribution is 5.69. The van der Waals surface area contributed by atoms with Gasteiger partial charge in [0.2, 0.25) is 0 Å². The van der Waals surface area contributed by atoms with Crippen LogP contribution in [0.2, 0.25) is 0 Å². The molecule has 0 bridgehead atoms. The summed E-state index contributed by atoms with van der Waals surface area (Å²) in [6.45, 7) is 6.28. The van der Waals surface area contributed by atoms with E-state index in [0.29, 0.717) is 24.4 Å². The second-order valence-corrected chi connectivity index (χ2v) is 4.82. The molecule has 0 amide bonds. The van der Waals surface area contributed by atoms with Gasteiger partial charge in [-0.3, -0.25) is 0 Å². The van der Waals surface area contributed by atoms with Crippen molar-refractivity contribution in [2.75, 3.05) is 24.3 Å². The van der Waals surface area contributed by atoms with E-state index in [0.717, 1.165) is 6.42 Å². The van der Waals surface area contributed by atoms with Crippen LogP contribution in [-0.2, 0) is 0 Å². The van der Waals surface area contributed by atoms with Gasteiger partial charge in [0, 0.05) is 24.3 Å². The van der Waals surface area contributed by atoms with Gasteiger partial charge >= 0.3 is 0 Å². The number of ether oxygens (including phenoxy) is 1. The average Bonchev–Trinajstić information content (AvgIpc) is 2.36. The summed E-state index contributed by atoms with van der Waals surface area (Å²) in [5.41, 5.74) is 6.50. The standard InChI is InChI=1S/C14H23FN2O2/c1-4-14(3,6-7-18)17-12-9-13(19-5-2)10(15)8-11(12)16/h8-9,17-18H,4-7,16H2,1-3H3. The lowest BCUT2D eigenvalue weighted by Gasteiger charge is -2.31. The first-order valence-corrected chi connectivity index (χ1v) is 6.56. The van der Waals surface area contributed by atoms with Crippen molar-refractivity contribution in [1.29, 1.82) is 0 Å². The van der Waals surface area contributed by atoms with E-state index in [-0.39, 0.29) is 17.9 Å². The number of nitrogens with one attached hydrogen (secondary N) is 1. The summed E-state index contributed by atoms with van der Waals surface area (Å²) < 4.78 is 18.8. The van der Waals surface area contributed by atoms with Crippen molar-refractivity contribution in [2.24, 2.45) is 0 Å². The zero-order valence-corrected chi connectivity index (χ0v) is 11.8. The van der Waals surface area contributed by atoms with Crippen LogP contribution in [0.25, 0.3) is 0 Å². The zero-order valence-electron chi connectivity index (χ0n) is 11.8. The summed E-state index contributed by atoms with van der Waals surface area (Å²) in [7, 11) is 0. The third-order valence-corrected chi connectivity index (χ3v) is 3.28. The van der Waals surface area contributed by atoms with Gasteiger partial charge in [-0.2, -0.15) is 0 Å². The molecule has 108 valence electrons. The number of anilines is 2. The van der Waals surface area contributed by atoms with E-state index in [1.54, 1.807) is 13.0 Å². The Morgan fingerprint density at radius 2 is 2.11 bits per heavy atom. The molecule has 0 spiro atoms. The topological polar surface area (TPSA) is 67.5 Å². The van der Waals surface area contributed by atoms with Crippen LogP contribution in [-0.4, -0.2) is 23.9 Å². The van der Waals surface area contributed by atoms with E-state index in [4.69, 9.17) is 15.6 Å². The summed E-state index contributed by atoms with van der Waals surface area (Å²) in [6.07, 6.45) is 1.40. The third kappa shape index (κ3) is 3.99. The highest BCUT2D eigenvalue weighted by Crippen LogP contribution is 2.31. The van der Waals surface area contributed by atoms with Gasteiger partial charge in [-0.25, -0.2) is 4.39 Å². The SMILES string of the molecule is CCOc1cc(NC(C)(CC)CCO)c(N)cc1F.